The predicted octanol–water partition coefficient (Wildman–Crippen LogP) is 0.00580. The van der Waals surface area contributed by atoms with Crippen LogP contribution in [0.25, 0.3) is 0 Å². The topological polar surface area (TPSA) is 81.7 Å². The van der Waals surface area contributed by atoms with E-state index < -0.39 is 30.1 Å². The summed E-state index contributed by atoms with van der Waals surface area (Å²) in [4.78, 5) is 32.5. The zero-order chi connectivity index (χ0) is 12.7. The number of hydrogen-bond acceptors (Lipinski definition) is 5. The average molecular weight is 231 g/mol. The Labute approximate surface area is 94.3 Å². The molecule has 0 spiro atoms. The molecule has 92 valence electrons. The fourth-order valence-corrected chi connectivity index (χ4v) is 1.02. The van der Waals surface area contributed by atoms with Crippen LogP contribution in [0.15, 0.2) is 0 Å². The summed E-state index contributed by atoms with van der Waals surface area (Å²) in [7, 11) is 0. The van der Waals surface area contributed by atoms with E-state index in [-0.39, 0.29) is 6.54 Å². The minimum Gasteiger partial charge on any atom is -0.461 e. The number of rotatable bonds is 5. The Morgan fingerprint density at radius 1 is 1.06 bits per heavy atom. The van der Waals surface area contributed by atoms with Crippen LogP contribution < -0.4 is 5.32 Å². The van der Waals surface area contributed by atoms with Gasteiger partial charge in [0.05, 0.1) is 6.54 Å². The molecular weight excluding hydrogens is 214 g/mol. The van der Waals surface area contributed by atoms with Crippen molar-refractivity contribution in [2.45, 2.75) is 39.9 Å². The SMILES string of the molecule is CC(=O)O[C@@H](C)CNC(=O)[C@@H](C)OC(C)=O. The van der Waals surface area contributed by atoms with Crippen LogP contribution in [0.3, 0.4) is 0 Å². The Morgan fingerprint density at radius 2 is 1.56 bits per heavy atom. The maximum atomic E-state index is 11.3. The van der Waals surface area contributed by atoms with Gasteiger partial charge in [0.15, 0.2) is 6.10 Å². The molecule has 2 atom stereocenters. The molecule has 6 nitrogen and oxygen atoms in total. The lowest BCUT2D eigenvalue weighted by atomic mass is 10.3. The molecule has 0 fully saturated rings. The summed E-state index contributed by atoms with van der Waals surface area (Å²) in [5, 5.41) is 2.50. The lowest BCUT2D eigenvalue weighted by Crippen LogP contribution is -2.39. The van der Waals surface area contributed by atoms with Crippen molar-refractivity contribution in [3.05, 3.63) is 0 Å². The molecule has 0 saturated heterocycles. The maximum Gasteiger partial charge on any atom is 0.303 e. The van der Waals surface area contributed by atoms with E-state index in [9.17, 15) is 14.4 Å². The molecule has 0 aromatic heterocycles. The van der Waals surface area contributed by atoms with Crippen LogP contribution in [-0.4, -0.2) is 36.6 Å². The highest BCUT2D eigenvalue weighted by atomic mass is 16.5. The summed E-state index contributed by atoms with van der Waals surface area (Å²) in [6, 6.07) is 0. The van der Waals surface area contributed by atoms with Gasteiger partial charge in [-0.25, -0.2) is 0 Å². The van der Waals surface area contributed by atoms with Crippen LogP contribution >= 0.6 is 0 Å². The lowest BCUT2D eigenvalue weighted by molar-refractivity contribution is -0.153. The van der Waals surface area contributed by atoms with Crippen molar-refractivity contribution in [3.8, 4) is 0 Å². The molecule has 0 radical (unpaired) electrons. The first kappa shape index (κ1) is 14.4. The first-order chi connectivity index (χ1) is 7.32. The van der Waals surface area contributed by atoms with Crippen molar-refractivity contribution >= 4 is 17.8 Å². The molecule has 0 rings (SSSR count). The molecule has 0 aliphatic heterocycles. The second-order valence-corrected chi connectivity index (χ2v) is 3.42. The Kier molecular flexibility index (Phi) is 6.14. The van der Waals surface area contributed by atoms with E-state index in [2.05, 4.69) is 10.1 Å². The van der Waals surface area contributed by atoms with Crippen molar-refractivity contribution in [2.24, 2.45) is 0 Å². The van der Waals surface area contributed by atoms with Crippen molar-refractivity contribution in [1.82, 2.24) is 5.32 Å². The number of hydrogen-bond donors (Lipinski definition) is 1. The van der Waals surface area contributed by atoms with Crippen LogP contribution in [0.2, 0.25) is 0 Å². The molecule has 0 unspecified atom stereocenters. The maximum absolute atomic E-state index is 11.3. The summed E-state index contributed by atoms with van der Waals surface area (Å²) in [6.45, 7) is 5.82. The molecule has 0 saturated carbocycles. The molecule has 1 N–H and O–H groups in total. The van der Waals surface area contributed by atoms with Gasteiger partial charge < -0.3 is 14.8 Å². The molecule has 0 aliphatic carbocycles. The van der Waals surface area contributed by atoms with Crippen LogP contribution in [-0.2, 0) is 23.9 Å². The van der Waals surface area contributed by atoms with E-state index in [1.807, 2.05) is 0 Å². The normalized spacial score (nSPS) is 13.5. The first-order valence-electron chi connectivity index (χ1n) is 4.95. The van der Waals surface area contributed by atoms with Crippen LogP contribution in [0, 0.1) is 0 Å². The van der Waals surface area contributed by atoms with Gasteiger partial charge in [-0.2, -0.15) is 0 Å². The number of nitrogens with one attached hydrogen (secondary N) is 1. The zero-order valence-electron chi connectivity index (χ0n) is 9.90. The van der Waals surface area contributed by atoms with Gasteiger partial charge in [0.2, 0.25) is 0 Å². The molecule has 0 aromatic rings. The van der Waals surface area contributed by atoms with E-state index in [4.69, 9.17) is 4.74 Å². The molecule has 6 heteroatoms. The monoisotopic (exact) mass is 231 g/mol. The van der Waals surface area contributed by atoms with Gasteiger partial charge >= 0.3 is 11.9 Å². The van der Waals surface area contributed by atoms with Gasteiger partial charge in [0.25, 0.3) is 5.91 Å². The summed E-state index contributed by atoms with van der Waals surface area (Å²) < 4.78 is 9.47. The fourth-order valence-electron chi connectivity index (χ4n) is 1.02. The smallest absolute Gasteiger partial charge is 0.303 e. The van der Waals surface area contributed by atoms with Crippen molar-refractivity contribution in [1.29, 1.82) is 0 Å². The van der Waals surface area contributed by atoms with E-state index in [0.29, 0.717) is 0 Å². The highest BCUT2D eigenvalue weighted by Gasteiger charge is 2.16. The Bertz CT molecular complexity index is 276. The predicted molar refractivity (Wildman–Crippen MR) is 55.5 cm³/mol. The second kappa shape index (κ2) is 6.81. The zero-order valence-corrected chi connectivity index (χ0v) is 9.90. The number of amides is 1. The van der Waals surface area contributed by atoms with Gasteiger partial charge in [0.1, 0.15) is 6.10 Å². The fraction of sp³-hybridized carbons (Fsp3) is 0.700. The Hall–Kier alpha value is -1.59. The highest BCUT2D eigenvalue weighted by Crippen LogP contribution is 1.93. The number of carbonyl (C=O) groups is 3. The third kappa shape index (κ3) is 6.80. The van der Waals surface area contributed by atoms with Gasteiger partial charge in [-0.3, -0.25) is 14.4 Å². The van der Waals surface area contributed by atoms with Gasteiger partial charge in [0, 0.05) is 13.8 Å². The van der Waals surface area contributed by atoms with Gasteiger partial charge in [-0.05, 0) is 13.8 Å². The average Bonchev–Trinajstić information content (AvgIpc) is 2.11. The second-order valence-electron chi connectivity index (χ2n) is 3.42. The van der Waals surface area contributed by atoms with Gasteiger partial charge in [-0.15, -0.1) is 0 Å². The van der Waals surface area contributed by atoms with E-state index in [1.165, 1.54) is 20.8 Å². The third-order valence-electron chi connectivity index (χ3n) is 1.64. The Balaban J connectivity index is 3.88. The largest absolute Gasteiger partial charge is 0.461 e. The quantitative estimate of drug-likeness (QED) is 0.674. The van der Waals surface area contributed by atoms with Crippen LogP contribution in [0.4, 0.5) is 0 Å². The summed E-state index contributed by atoms with van der Waals surface area (Å²) in [5.41, 5.74) is 0. The van der Waals surface area contributed by atoms with Crippen molar-refractivity contribution in [2.75, 3.05) is 6.54 Å². The summed E-state index contributed by atoms with van der Waals surface area (Å²) in [5.74, 6) is -1.35. The number of ether oxygens (including phenoxy) is 2. The summed E-state index contributed by atoms with van der Waals surface area (Å²) >= 11 is 0. The molecule has 0 heterocycles. The molecular formula is C10H17NO5. The highest BCUT2D eigenvalue weighted by molar-refractivity contribution is 5.82. The standard InChI is InChI=1S/C10H17NO5/c1-6(15-8(3)12)5-11-10(14)7(2)16-9(4)13/h6-7H,5H2,1-4H3,(H,11,14)/t6-,7+/m0/s1. The van der Waals surface area contributed by atoms with Gasteiger partial charge in [-0.1, -0.05) is 0 Å². The number of esters is 2. The van der Waals surface area contributed by atoms with Crippen molar-refractivity contribution < 1.29 is 23.9 Å². The molecule has 0 aliphatic rings. The first-order valence-corrected chi connectivity index (χ1v) is 4.95. The van der Waals surface area contributed by atoms with Crippen LogP contribution in [0.1, 0.15) is 27.7 Å². The Morgan fingerprint density at radius 3 is 2.00 bits per heavy atom. The lowest BCUT2D eigenvalue weighted by Gasteiger charge is -2.15. The van der Waals surface area contributed by atoms with E-state index >= 15 is 0 Å². The van der Waals surface area contributed by atoms with Crippen molar-refractivity contribution in [3.63, 3.8) is 0 Å². The minimum atomic E-state index is -0.845. The summed E-state index contributed by atoms with van der Waals surface area (Å²) in [6.07, 6.45) is -1.26. The minimum absolute atomic E-state index is 0.185. The van der Waals surface area contributed by atoms with E-state index in [1.54, 1.807) is 6.92 Å². The van der Waals surface area contributed by atoms with E-state index in [0.717, 1.165) is 0 Å². The molecule has 1 amide bonds. The third-order valence-corrected chi connectivity index (χ3v) is 1.64. The molecule has 16 heavy (non-hydrogen) atoms. The molecule has 0 aromatic carbocycles. The van der Waals surface area contributed by atoms with Crippen LogP contribution in [0.5, 0.6) is 0 Å². The number of carbonyl (C=O) groups excluding carboxylic acids is 3. The molecule has 0 bridgehead atoms.